The lowest BCUT2D eigenvalue weighted by Gasteiger charge is -2.09. The molecule has 2 rings (SSSR count). The van der Waals surface area contributed by atoms with Crippen molar-refractivity contribution >= 4 is 46.4 Å². The van der Waals surface area contributed by atoms with Crippen molar-refractivity contribution in [1.82, 2.24) is 5.43 Å². The number of nitrogens with one attached hydrogen (secondary N) is 2. The number of anilines is 1. The zero-order valence-electron chi connectivity index (χ0n) is 16.2. The van der Waals surface area contributed by atoms with Gasteiger partial charge in [0.15, 0.2) is 0 Å². The first-order chi connectivity index (χ1) is 14.6. The molecule has 31 heavy (non-hydrogen) atoms. The van der Waals surface area contributed by atoms with Crippen molar-refractivity contribution in [2.24, 2.45) is 5.10 Å². The fraction of sp³-hybridized carbons (Fsp3) is 0.250. The van der Waals surface area contributed by atoms with Gasteiger partial charge in [0.1, 0.15) is 5.75 Å². The summed E-state index contributed by atoms with van der Waals surface area (Å²) in [5.74, 6) is -1.92. The second-order valence-corrected chi connectivity index (χ2v) is 7.13. The number of rotatable bonds is 8. The zero-order valence-corrected chi connectivity index (χ0v) is 17.7. The monoisotopic (exact) mass is 475 g/mol. The molecule has 6 nitrogen and oxygen atoms in total. The van der Waals surface area contributed by atoms with E-state index in [0.29, 0.717) is 33.5 Å². The highest BCUT2D eigenvalue weighted by Crippen LogP contribution is 2.27. The molecule has 11 heteroatoms. The summed E-state index contributed by atoms with van der Waals surface area (Å²) in [4.78, 5) is 22.8. The van der Waals surface area contributed by atoms with Crippen LogP contribution in [0.3, 0.4) is 0 Å². The van der Waals surface area contributed by atoms with Gasteiger partial charge in [-0.15, -0.1) is 0 Å². The first-order valence-corrected chi connectivity index (χ1v) is 9.71. The molecule has 0 aliphatic heterocycles. The maximum atomic E-state index is 12.3. The summed E-state index contributed by atoms with van der Waals surface area (Å²) in [6.45, 7) is 1.89. The third-order valence-corrected chi connectivity index (χ3v) is 4.40. The largest absolute Gasteiger partial charge is 0.492 e. The number of alkyl halides is 3. The Bertz CT molecular complexity index is 964. The maximum Gasteiger partial charge on any atom is 0.471 e. The fourth-order valence-corrected chi connectivity index (χ4v) is 2.73. The number of amides is 2. The minimum atomic E-state index is -4.97. The summed E-state index contributed by atoms with van der Waals surface area (Å²) in [5, 5.41) is 6.57. The summed E-state index contributed by atoms with van der Waals surface area (Å²) in [6, 6.07) is 10.4. The Morgan fingerprint density at radius 2 is 1.77 bits per heavy atom. The highest BCUT2D eigenvalue weighted by molar-refractivity contribution is 6.35. The molecule has 0 aliphatic carbocycles. The van der Waals surface area contributed by atoms with E-state index in [1.165, 1.54) is 24.3 Å². The van der Waals surface area contributed by atoms with Gasteiger partial charge in [-0.1, -0.05) is 35.3 Å². The first kappa shape index (κ1) is 24.5. The summed E-state index contributed by atoms with van der Waals surface area (Å²) >= 11 is 11.8. The van der Waals surface area contributed by atoms with Gasteiger partial charge in [-0.25, -0.2) is 5.43 Å². The van der Waals surface area contributed by atoms with Gasteiger partial charge in [-0.3, -0.25) is 9.59 Å². The van der Waals surface area contributed by atoms with Crippen LogP contribution in [-0.2, 0) is 9.59 Å². The van der Waals surface area contributed by atoms with E-state index in [4.69, 9.17) is 27.9 Å². The SMILES string of the molecule is C/C(=N/NC(=O)CCCOc1ccc(Cl)cc1Cl)c1ccc(NC(=O)C(F)(F)F)cc1. The molecule has 0 saturated carbocycles. The van der Waals surface area contributed by atoms with E-state index in [-0.39, 0.29) is 24.6 Å². The number of hydrogen-bond acceptors (Lipinski definition) is 4. The average Bonchev–Trinajstić information content (AvgIpc) is 2.70. The highest BCUT2D eigenvalue weighted by Gasteiger charge is 2.38. The molecule has 166 valence electrons. The van der Waals surface area contributed by atoms with Gasteiger partial charge in [0.2, 0.25) is 5.91 Å². The van der Waals surface area contributed by atoms with Crippen molar-refractivity contribution in [1.29, 1.82) is 0 Å². The van der Waals surface area contributed by atoms with Gasteiger partial charge >= 0.3 is 12.1 Å². The van der Waals surface area contributed by atoms with Crippen molar-refractivity contribution in [2.75, 3.05) is 11.9 Å². The third kappa shape index (κ3) is 8.10. The average molecular weight is 476 g/mol. The minimum Gasteiger partial charge on any atom is -0.492 e. The molecule has 0 spiro atoms. The zero-order chi connectivity index (χ0) is 23.0. The molecule has 2 amide bonds. The van der Waals surface area contributed by atoms with Gasteiger partial charge in [-0.2, -0.15) is 18.3 Å². The number of benzene rings is 2. The smallest absolute Gasteiger partial charge is 0.471 e. The fourth-order valence-electron chi connectivity index (χ4n) is 2.27. The molecule has 0 aromatic heterocycles. The van der Waals surface area contributed by atoms with Crippen molar-refractivity contribution in [2.45, 2.75) is 25.9 Å². The maximum absolute atomic E-state index is 12.3. The van der Waals surface area contributed by atoms with E-state index in [1.54, 1.807) is 30.4 Å². The number of nitrogens with zero attached hydrogens (tertiary/aromatic N) is 1. The second kappa shape index (κ2) is 11.0. The summed E-state index contributed by atoms with van der Waals surface area (Å²) in [5.41, 5.74) is 3.38. The van der Waals surface area contributed by atoms with Crippen molar-refractivity contribution in [3.63, 3.8) is 0 Å². The van der Waals surface area contributed by atoms with E-state index < -0.39 is 12.1 Å². The number of hydrazone groups is 1. The van der Waals surface area contributed by atoms with Crippen LogP contribution in [0.25, 0.3) is 0 Å². The number of carbonyl (C=O) groups excluding carboxylic acids is 2. The van der Waals surface area contributed by atoms with Crippen LogP contribution in [0.4, 0.5) is 18.9 Å². The molecule has 0 bridgehead atoms. The van der Waals surface area contributed by atoms with Gasteiger partial charge in [0, 0.05) is 17.1 Å². The van der Waals surface area contributed by atoms with E-state index >= 15 is 0 Å². The molecule has 2 aromatic carbocycles. The van der Waals surface area contributed by atoms with Crippen molar-refractivity contribution < 1.29 is 27.5 Å². The molecule has 0 radical (unpaired) electrons. The van der Waals surface area contributed by atoms with Crippen LogP contribution in [0.2, 0.25) is 10.0 Å². The summed E-state index contributed by atoms with van der Waals surface area (Å²) in [6.07, 6.45) is -4.39. The predicted octanol–water partition coefficient (Wildman–Crippen LogP) is 5.19. The van der Waals surface area contributed by atoms with Crippen LogP contribution in [-0.4, -0.2) is 30.3 Å². The van der Waals surface area contributed by atoms with Gasteiger partial charge in [0.25, 0.3) is 0 Å². The lowest BCUT2D eigenvalue weighted by Crippen LogP contribution is -2.29. The number of carbonyl (C=O) groups is 2. The van der Waals surface area contributed by atoms with Crippen molar-refractivity contribution in [3.8, 4) is 5.75 Å². The Labute approximate surface area is 186 Å². The minimum absolute atomic E-state index is 0.0105. The Balaban J connectivity index is 1.78. The molecular weight excluding hydrogens is 458 g/mol. The molecule has 0 fully saturated rings. The van der Waals surface area contributed by atoms with E-state index in [2.05, 4.69) is 10.5 Å². The van der Waals surface area contributed by atoms with E-state index in [9.17, 15) is 22.8 Å². The molecule has 2 N–H and O–H groups in total. The van der Waals surface area contributed by atoms with Crippen LogP contribution >= 0.6 is 23.2 Å². The molecule has 0 unspecified atom stereocenters. The molecule has 0 saturated heterocycles. The molecule has 2 aromatic rings. The van der Waals surface area contributed by atoms with Crippen LogP contribution in [0, 0.1) is 0 Å². The molecular formula is C20H18Cl2F3N3O3. The van der Waals surface area contributed by atoms with Crippen LogP contribution in [0.1, 0.15) is 25.3 Å². The van der Waals surface area contributed by atoms with Gasteiger partial charge in [0.05, 0.1) is 17.3 Å². The number of ether oxygens (including phenoxy) is 1. The standard InChI is InChI=1S/C20H18Cl2F3N3O3/c1-12(13-4-7-15(8-5-13)26-19(30)20(23,24)25)27-28-18(29)3-2-10-31-17-9-6-14(21)11-16(17)22/h4-9,11H,2-3,10H2,1H3,(H,26,30)(H,28,29)/b27-12-. The Morgan fingerprint density at radius 3 is 2.39 bits per heavy atom. The molecule has 0 atom stereocenters. The first-order valence-electron chi connectivity index (χ1n) is 8.96. The quantitative estimate of drug-likeness (QED) is 0.313. The van der Waals surface area contributed by atoms with Gasteiger partial charge < -0.3 is 10.1 Å². The predicted molar refractivity (Wildman–Crippen MR) is 113 cm³/mol. The lowest BCUT2D eigenvalue weighted by atomic mass is 10.1. The normalized spacial score (nSPS) is 11.7. The van der Waals surface area contributed by atoms with E-state index in [1.807, 2.05) is 0 Å². The summed E-state index contributed by atoms with van der Waals surface area (Å²) < 4.78 is 42.3. The summed E-state index contributed by atoms with van der Waals surface area (Å²) in [7, 11) is 0. The topological polar surface area (TPSA) is 79.8 Å². The Morgan fingerprint density at radius 1 is 1.10 bits per heavy atom. The van der Waals surface area contributed by atoms with E-state index in [0.717, 1.165) is 0 Å². The molecule has 0 heterocycles. The number of halogens is 5. The Kier molecular flexibility index (Phi) is 8.70. The lowest BCUT2D eigenvalue weighted by molar-refractivity contribution is -0.167. The van der Waals surface area contributed by atoms with Gasteiger partial charge in [-0.05, 0) is 49.2 Å². The second-order valence-electron chi connectivity index (χ2n) is 6.29. The number of hydrogen-bond donors (Lipinski definition) is 2. The van der Waals surface area contributed by atoms with Crippen LogP contribution in [0.15, 0.2) is 47.6 Å². The molecule has 0 aliphatic rings. The van der Waals surface area contributed by atoms with Crippen LogP contribution in [0.5, 0.6) is 5.75 Å². The van der Waals surface area contributed by atoms with Crippen LogP contribution < -0.4 is 15.5 Å². The third-order valence-electron chi connectivity index (χ3n) is 3.87. The Hall–Kier alpha value is -2.78. The van der Waals surface area contributed by atoms with Crippen molar-refractivity contribution in [3.05, 3.63) is 58.1 Å². The highest BCUT2D eigenvalue weighted by atomic mass is 35.5.